The van der Waals surface area contributed by atoms with Gasteiger partial charge in [0.15, 0.2) is 9.84 Å². The van der Waals surface area contributed by atoms with Gasteiger partial charge in [0.2, 0.25) is 0 Å². The van der Waals surface area contributed by atoms with Crippen LogP contribution < -0.4 is 0 Å². The van der Waals surface area contributed by atoms with Crippen LogP contribution in [0.15, 0.2) is 23.1 Å². The van der Waals surface area contributed by atoms with E-state index in [0.717, 1.165) is 18.4 Å². The zero-order valence-corrected chi connectivity index (χ0v) is 12.2. The molecule has 19 heavy (non-hydrogen) atoms. The van der Waals surface area contributed by atoms with Crippen molar-refractivity contribution in [3.63, 3.8) is 0 Å². The van der Waals surface area contributed by atoms with Crippen molar-refractivity contribution < 1.29 is 8.42 Å². The summed E-state index contributed by atoms with van der Waals surface area (Å²) in [6.45, 7) is 0. The molecule has 1 aliphatic rings. The minimum atomic E-state index is -3.22. The molecule has 1 fully saturated rings. The van der Waals surface area contributed by atoms with Gasteiger partial charge in [-0.05, 0) is 36.5 Å². The van der Waals surface area contributed by atoms with Crippen LogP contribution in [0.3, 0.4) is 0 Å². The summed E-state index contributed by atoms with van der Waals surface area (Å²) in [4.78, 5) is 0.426. The molecular formula is C16H20O2S. The van der Waals surface area contributed by atoms with Gasteiger partial charge in [0.25, 0.3) is 0 Å². The van der Waals surface area contributed by atoms with Gasteiger partial charge in [-0.15, -0.1) is 6.42 Å². The summed E-state index contributed by atoms with van der Waals surface area (Å²) >= 11 is 0. The first-order valence-electron chi connectivity index (χ1n) is 6.83. The fourth-order valence-corrected chi connectivity index (χ4v) is 3.88. The van der Waals surface area contributed by atoms with Crippen LogP contribution in [0.4, 0.5) is 0 Å². The van der Waals surface area contributed by atoms with Gasteiger partial charge in [-0.3, -0.25) is 0 Å². The number of rotatable bonds is 2. The third-order valence-electron chi connectivity index (χ3n) is 3.87. The lowest BCUT2D eigenvalue weighted by Crippen LogP contribution is -2.07. The van der Waals surface area contributed by atoms with Gasteiger partial charge in [-0.25, -0.2) is 8.42 Å². The fourth-order valence-electron chi connectivity index (χ4n) is 2.87. The number of hydrogen-bond acceptors (Lipinski definition) is 2. The molecule has 0 amide bonds. The van der Waals surface area contributed by atoms with E-state index in [1.54, 1.807) is 6.07 Å². The molecule has 0 bridgehead atoms. The number of sulfone groups is 1. The molecule has 0 radical (unpaired) electrons. The van der Waals surface area contributed by atoms with Crippen LogP contribution in [-0.2, 0) is 9.84 Å². The van der Waals surface area contributed by atoms with Gasteiger partial charge >= 0.3 is 0 Å². The van der Waals surface area contributed by atoms with E-state index in [4.69, 9.17) is 6.42 Å². The maximum absolute atomic E-state index is 12.0. The first kappa shape index (κ1) is 14.1. The molecule has 3 heteroatoms. The maximum atomic E-state index is 12.0. The van der Waals surface area contributed by atoms with Crippen LogP contribution in [0.2, 0.25) is 0 Å². The summed E-state index contributed by atoms with van der Waals surface area (Å²) in [5.74, 6) is 2.88. The van der Waals surface area contributed by atoms with E-state index < -0.39 is 9.84 Å². The molecule has 102 valence electrons. The van der Waals surface area contributed by atoms with E-state index in [1.807, 2.05) is 12.1 Å². The van der Waals surface area contributed by atoms with E-state index >= 15 is 0 Å². The Labute approximate surface area is 116 Å². The van der Waals surface area contributed by atoms with Gasteiger partial charge in [0.1, 0.15) is 0 Å². The zero-order chi connectivity index (χ0) is 13.9. The molecule has 0 atom stereocenters. The Bertz CT molecular complexity index is 586. The first-order chi connectivity index (χ1) is 9.02. The van der Waals surface area contributed by atoms with E-state index in [9.17, 15) is 8.42 Å². The van der Waals surface area contributed by atoms with E-state index in [1.165, 1.54) is 31.9 Å². The Kier molecular flexibility index (Phi) is 4.31. The topological polar surface area (TPSA) is 34.1 Å². The lowest BCUT2D eigenvalue weighted by molar-refractivity contribution is 0.572. The van der Waals surface area contributed by atoms with Gasteiger partial charge in [0.05, 0.1) is 4.90 Å². The second-order valence-corrected chi connectivity index (χ2v) is 7.34. The van der Waals surface area contributed by atoms with Crippen LogP contribution in [0.1, 0.15) is 55.6 Å². The third kappa shape index (κ3) is 3.39. The average molecular weight is 276 g/mol. The van der Waals surface area contributed by atoms with Crippen molar-refractivity contribution in [1.29, 1.82) is 0 Å². The fraction of sp³-hybridized carbons (Fsp3) is 0.500. The molecule has 1 aliphatic carbocycles. The molecular weight excluding hydrogens is 256 g/mol. The molecule has 1 aromatic rings. The Hall–Kier alpha value is -1.27. The Balaban J connectivity index is 2.47. The minimum absolute atomic E-state index is 0.360. The minimum Gasteiger partial charge on any atom is -0.224 e. The molecule has 1 saturated carbocycles. The highest BCUT2D eigenvalue weighted by atomic mass is 32.2. The second-order valence-electron chi connectivity index (χ2n) is 5.36. The van der Waals surface area contributed by atoms with Crippen LogP contribution in [0, 0.1) is 12.3 Å². The molecule has 2 rings (SSSR count). The number of terminal acetylenes is 1. The molecule has 1 aromatic carbocycles. The van der Waals surface area contributed by atoms with Crippen LogP contribution in [0.25, 0.3) is 0 Å². The Morgan fingerprint density at radius 1 is 1.16 bits per heavy atom. The van der Waals surface area contributed by atoms with Crippen molar-refractivity contribution in [2.45, 2.75) is 49.3 Å². The van der Waals surface area contributed by atoms with Crippen molar-refractivity contribution in [3.05, 3.63) is 29.3 Å². The lowest BCUT2D eigenvalue weighted by atomic mass is 9.91. The second kappa shape index (κ2) is 5.79. The highest BCUT2D eigenvalue weighted by Gasteiger charge is 2.22. The van der Waals surface area contributed by atoms with Crippen molar-refractivity contribution in [3.8, 4) is 12.3 Å². The quantitative estimate of drug-likeness (QED) is 0.612. The first-order valence-corrected chi connectivity index (χ1v) is 8.72. The molecule has 0 aliphatic heterocycles. The molecule has 0 aromatic heterocycles. The molecule has 0 unspecified atom stereocenters. The molecule has 2 nitrogen and oxygen atoms in total. The lowest BCUT2D eigenvalue weighted by Gasteiger charge is -2.18. The van der Waals surface area contributed by atoms with E-state index in [0.29, 0.717) is 16.4 Å². The SMILES string of the molecule is C#Cc1ccc(C2CCCCCC2)c(S(C)(=O)=O)c1. The number of hydrogen-bond donors (Lipinski definition) is 0. The van der Waals surface area contributed by atoms with Gasteiger partial charge in [-0.2, -0.15) is 0 Å². The van der Waals surface area contributed by atoms with Crippen molar-refractivity contribution in [1.82, 2.24) is 0 Å². The number of benzene rings is 1. The molecule has 0 saturated heterocycles. The molecule has 0 N–H and O–H groups in total. The van der Waals surface area contributed by atoms with Crippen LogP contribution >= 0.6 is 0 Å². The average Bonchev–Trinajstić information content (AvgIpc) is 2.65. The third-order valence-corrected chi connectivity index (χ3v) is 5.03. The predicted octanol–water partition coefficient (Wildman–Crippen LogP) is 3.51. The summed E-state index contributed by atoms with van der Waals surface area (Å²) in [7, 11) is -3.22. The van der Waals surface area contributed by atoms with Crippen LogP contribution in [0.5, 0.6) is 0 Å². The highest BCUT2D eigenvalue weighted by Crippen LogP contribution is 2.35. The zero-order valence-electron chi connectivity index (χ0n) is 11.4. The van der Waals surface area contributed by atoms with E-state index in [-0.39, 0.29) is 0 Å². The Morgan fingerprint density at radius 2 is 1.79 bits per heavy atom. The van der Waals surface area contributed by atoms with Crippen molar-refractivity contribution >= 4 is 9.84 Å². The highest BCUT2D eigenvalue weighted by molar-refractivity contribution is 7.90. The normalized spacial score (nSPS) is 17.7. The molecule has 0 heterocycles. The summed E-state index contributed by atoms with van der Waals surface area (Å²) in [6, 6.07) is 5.42. The van der Waals surface area contributed by atoms with Crippen LogP contribution in [-0.4, -0.2) is 14.7 Å². The molecule has 0 spiro atoms. The van der Waals surface area contributed by atoms with Gasteiger partial charge in [0, 0.05) is 11.8 Å². The summed E-state index contributed by atoms with van der Waals surface area (Å²) in [5.41, 5.74) is 1.60. The van der Waals surface area contributed by atoms with Crippen molar-refractivity contribution in [2.24, 2.45) is 0 Å². The largest absolute Gasteiger partial charge is 0.224 e. The summed E-state index contributed by atoms with van der Waals surface area (Å²) in [6.07, 6.45) is 13.7. The summed E-state index contributed by atoms with van der Waals surface area (Å²) in [5, 5.41) is 0. The monoisotopic (exact) mass is 276 g/mol. The summed E-state index contributed by atoms with van der Waals surface area (Å²) < 4.78 is 24.0. The van der Waals surface area contributed by atoms with Crippen molar-refractivity contribution in [2.75, 3.05) is 6.26 Å². The standard InChI is InChI=1S/C16H20O2S/c1-3-13-10-11-15(16(12-13)19(2,17)18)14-8-6-4-5-7-9-14/h1,10-12,14H,4-9H2,2H3. The predicted molar refractivity (Wildman–Crippen MR) is 77.9 cm³/mol. The van der Waals surface area contributed by atoms with E-state index in [2.05, 4.69) is 5.92 Å². The smallest absolute Gasteiger partial charge is 0.175 e. The maximum Gasteiger partial charge on any atom is 0.175 e. The van der Waals surface area contributed by atoms with Gasteiger partial charge < -0.3 is 0 Å². The Morgan fingerprint density at radius 3 is 2.32 bits per heavy atom. The van der Waals surface area contributed by atoms with Gasteiger partial charge in [-0.1, -0.05) is 37.7 Å².